The van der Waals surface area contributed by atoms with Crippen LogP contribution in [-0.2, 0) is 0 Å². The van der Waals surface area contributed by atoms with E-state index in [0.29, 0.717) is 0 Å². The minimum absolute atomic E-state index is 0. The predicted molar refractivity (Wildman–Crippen MR) is 43.3 cm³/mol. The van der Waals surface area contributed by atoms with Crippen LogP contribution in [0.2, 0.25) is 0 Å². The fourth-order valence-corrected chi connectivity index (χ4v) is 0.747. The molecule has 0 unspecified atom stereocenters. The smallest absolute Gasteiger partial charge is 0.0563 e. The first-order valence-electron chi connectivity index (χ1n) is 2.73. The fourth-order valence-electron chi connectivity index (χ4n) is 0.747. The van der Waals surface area contributed by atoms with Gasteiger partial charge in [-0.05, 0) is 19.9 Å². The third-order valence-corrected chi connectivity index (χ3v) is 1.08. The molecule has 0 saturated carbocycles. The van der Waals surface area contributed by atoms with Crippen molar-refractivity contribution < 1.29 is 0 Å². The van der Waals surface area contributed by atoms with Crippen LogP contribution in [0.4, 0.5) is 0 Å². The zero-order valence-electron chi connectivity index (χ0n) is 5.23. The third-order valence-electron chi connectivity index (χ3n) is 1.08. The molecule has 1 radical (unpaired) electrons. The molecule has 0 aliphatic heterocycles. The lowest BCUT2D eigenvalue weighted by molar-refractivity contribution is 1.38. The van der Waals surface area contributed by atoms with E-state index in [1.54, 1.807) is 0 Å². The lowest BCUT2D eigenvalue weighted by Gasteiger charge is -1.90. The molecular weight excluding hydrogens is 120 g/mol. The van der Waals surface area contributed by atoms with Crippen LogP contribution in [0.5, 0.6) is 0 Å². The van der Waals surface area contributed by atoms with Crippen molar-refractivity contribution in [3.63, 3.8) is 0 Å². The molecular formula is C8H11Mg. The Kier molecular flexibility index (Phi) is 3.90. The summed E-state index contributed by atoms with van der Waals surface area (Å²) in [4.78, 5) is 0. The second-order valence-electron chi connectivity index (χ2n) is 2.09. The summed E-state index contributed by atoms with van der Waals surface area (Å²) in [5.74, 6) is 0. The molecule has 1 rings (SSSR count). The van der Waals surface area contributed by atoms with Gasteiger partial charge in [0.1, 0.15) is 0 Å². The average molecular weight is 131 g/mol. The lowest BCUT2D eigenvalue weighted by atomic mass is 10.2. The first kappa shape index (κ1) is 8.99. The van der Waals surface area contributed by atoms with Gasteiger partial charge < -0.3 is 0 Å². The standard InChI is InChI=1S/C8H9.Mg.2H/c1-7-4-3-5-8(2)6-7;;;/h4-6H,1-2H3;;;. The zero-order valence-corrected chi connectivity index (χ0v) is 5.23. The van der Waals surface area contributed by atoms with E-state index in [1.165, 1.54) is 11.1 Å². The lowest BCUT2D eigenvalue weighted by Crippen LogP contribution is -1.72. The highest BCUT2D eigenvalue weighted by atomic mass is 24.3. The topological polar surface area (TPSA) is 0 Å². The SMILES string of the molecule is Cc1c[c]cc(C)c1.[MgH2]. The van der Waals surface area contributed by atoms with Gasteiger partial charge in [0.05, 0.1) is 0 Å². The molecule has 0 aromatic heterocycles. The van der Waals surface area contributed by atoms with Crippen LogP contribution in [0.1, 0.15) is 11.1 Å². The molecule has 9 heavy (non-hydrogen) atoms. The van der Waals surface area contributed by atoms with E-state index < -0.39 is 0 Å². The van der Waals surface area contributed by atoms with E-state index in [0.717, 1.165) is 0 Å². The molecule has 0 atom stereocenters. The molecule has 0 heterocycles. The molecule has 1 aromatic carbocycles. The summed E-state index contributed by atoms with van der Waals surface area (Å²) in [6.45, 7) is 4.15. The molecule has 0 aliphatic rings. The van der Waals surface area contributed by atoms with E-state index in [9.17, 15) is 0 Å². The van der Waals surface area contributed by atoms with Crippen LogP contribution < -0.4 is 0 Å². The number of rotatable bonds is 0. The van der Waals surface area contributed by atoms with Gasteiger partial charge in [0, 0.05) is 0 Å². The Morgan fingerprint density at radius 2 is 1.56 bits per heavy atom. The molecule has 0 aliphatic carbocycles. The first-order chi connectivity index (χ1) is 3.79. The molecule has 0 nitrogen and oxygen atoms in total. The van der Waals surface area contributed by atoms with Crippen molar-refractivity contribution in [1.82, 2.24) is 0 Å². The van der Waals surface area contributed by atoms with Crippen molar-refractivity contribution in [3.05, 3.63) is 35.4 Å². The Morgan fingerprint density at radius 1 is 1.11 bits per heavy atom. The average Bonchev–Trinajstić information content (AvgIpc) is 1.64. The molecule has 1 aromatic rings. The summed E-state index contributed by atoms with van der Waals surface area (Å²) in [6, 6.07) is 9.12. The Hall–Kier alpha value is -0.0138. The van der Waals surface area contributed by atoms with E-state index in [4.69, 9.17) is 0 Å². The highest BCUT2D eigenvalue weighted by Crippen LogP contribution is 1.99. The van der Waals surface area contributed by atoms with Crippen molar-refractivity contribution in [2.24, 2.45) is 0 Å². The summed E-state index contributed by atoms with van der Waals surface area (Å²) in [7, 11) is 0. The Balaban J connectivity index is 0.000000640. The van der Waals surface area contributed by atoms with Crippen molar-refractivity contribution >= 4 is 23.1 Å². The van der Waals surface area contributed by atoms with Gasteiger partial charge in [0.2, 0.25) is 0 Å². The Morgan fingerprint density at radius 3 is 1.78 bits per heavy atom. The molecule has 0 spiro atoms. The number of hydrogen-bond acceptors (Lipinski definition) is 0. The first-order valence-corrected chi connectivity index (χ1v) is 2.73. The van der Waals surface area contributed by atoms with Crippen molar-refractivity contribution in [2.45, 2.75) is 13.8 Å². The molecule has 0 bridgehead atoms. The van der Waals surface area contributed by atoms with Crippen molar-refractivity contribution in [3.8, 4) is 0 Å². The van der Waals surface area contributed by atoms with Crippen LogP contribution in [0.25, 0.3) is 0 Å². The minimum atomic E-state index is 0. The Bertz CT molecular complexity index is 164. The van der Waals surface area contributed by atoms with Gasteiger partial charge in [-0.2, -0.15) is 0 Å². The second kappa shape index (κ2) is 3.91. The van der Waals surface area contributed by atoms with Gasteiger partial charge in [0.15, 0.2) is 0 Å². The molecule has 0 amide bonds. The van der Waals surface area contributed by atoms with Crippen molar-refractivity contribution in [2.75, 3.05) is 0 Å². The van der Waals surface area contributed by atoms with Crippen molar-refractivity contribution in [1.29, 1.82) is 0 Å². The highest BCUT2D eigenvalue weighted by molar-refractivity contribution is 5.75. The van der Waals surface area contributed by atoms with Gasteiger partial charge in [-0.3, -0.25) is 0 Å². The number of benzene rings is 1. The summed E-state index contributed by atoms with van der Waals surface area (Å²) < 4.78 is 0. The van der Waals surface area contributed by atoms with Crippen LogP contribution in [0, 0.1) is 19.9 Å². The molecule has 1 heteroatoms. The van der Waals surface area contributed by atoms with Gasteiger partial charge in [-0.1, -0.05) is 29.3 Å². The van der Waals surface area contributed by atoms with E-state index >= 15 is 0 Å². The number of hydrogen-bond donors (Lipinski definition) is 0. The maximum Gasteiger partial charge on any atom is 0.316 e. The fraction of sp³-hybridized carbons (Fsp3) is 0.250. The molecule has 0 fully saturated rings. The minimum Gasteiger partial charge on any atom is -0.0563 e. The molecule has 45 valence electrons. The van der Waals surface area contributed by atoms with Crippen LogP contribution in [0.15, 0.2) is 18.2 Å². The maximum atomic E-state index is 3.03. The summed E-state index contributed by atoms with van der Waals surface area (Å²) in [6.07, 6.45) is 0. The maximum absolute atomic E-state index is 3.03. The van der Waals surface area contributed by atoms with E-state index in [-0.39, 0.29) is 23.1 Å². The van der Waals surface area contributed by atoms with E-state index in [2.05, 4.69) is 26.0 Å². The van der Waals surface area contributed by atoms with Crippen LogP contribution in [0.3, 0.4) is 0 Å². The summed E-state index contributed by atoms with van der Waals surface area (Å²) in [5, 5.41) is 0. The second-order valence-corrected chi connectivity index (χ2v) is 2.09. The number of aryl methyl sites for hydroxylation is 2. The van der Waals surface area contributed by atoms with Crippen LogP contribution >= 0.6 is 0 Å². The zero-order chi connectivity index (χ0) is 5.98. The molecule has 0 saturated heterocycles. The monoisotopic (exact) mass is 131 g/mol. The molecule has 0 N–H and O–H groups in total. The Labute approximate surface area is 72.4 Å². The summed E-state index contributed by atoms with van der Waals surface area (Å²) >= 11 is 0. The van der Waals surface area contributed by atoms with Gasteiger partial charge in [-0.15, -0.1) is 0 Å². The third kappa shape index (κ3) is 2.87. The van der Waals surface area contributed by atoms with Crippen LogP contribution in [-0.4, -0.2) is 23.1 Å². The van der Waals surface area contributed by atoms with Gasteiger partial charge >= 0.3 is 23.1 Å². The normalized spacial score (nSPS) is 8.22. The quantitative estimate of drug-likeness (QED) is 0.464. The van der Waals surface area contributed by atoms with E-state index in [1.807, 2.05) is 12.1 Å². The van der Waals surface area contributed by atoms with Gasteiger partial charge in [-0.25, -0.2) is 0 Å². The predicted octanol–water partition coefficient (Wildman–Crippen LogP) is 1.19. The summed E-state index contributed by atoms with van der Waals surface area (Å²) in [5.41, 5.74) is 2.56. The van der Waals surface area contributed by atoms with Gasteiger partial charge in [0.25, 0.3) is 0 Å². The highest BCUT2D eigenvalue weighted by Gasteiger charge is 1.81. The largest absolute Gasteiger partial charge is 0.316 e.